The van der Waals surface area contributed by atoms with Crippen molar-refractivity contribution in [3.8, 4) is 0 Å². The fraction of sp³-hybridized carbons (Fsp3) is 0.480. The number of rotatable bonds is 10. The Balaban J connectivity index is 0.791. The molecule has 4 aliphatic heterocycles. The zero-order chi connectivity index (χ0) is 45.3. The lowest BCUT2D eigenvalue weighted by Gasteiger charge is -2.53. The number of halogens is 3. The fourth-order valence-corrected chi connectivity index (χ4v) is 13.2. The number of piperidine rings is 1. The van der Waals surface area contributed by atoms with Gasteiger partial charge in [-0.15, -0.1) is 0 Å². The van der Waals surface area contributed by atoms with E-state index in [2.05, 4.69) is 26.6 Å². The van der Waals surface area contributed by atoms with Gasteiger partial charge in [-0.25, -0.2) is 4.39 Å². The largest absolute Gasteiger partial charge is 0.356 e. The van der Waals surface area contributed by atoms with Gasteiger partial charge in [0.05, 0.1) is 11.1 Å². The Morgan fingerprint density at radius 3 is 2.40 bits per heavy atom. The normalized spacial score (nSPS) is 29.9. The van der Waals surface area contributed by atoms with Crippen molar-refractivity contribution in [2.75, 3.05) is 11.9 Å². The summed E-state index contributed by atoms with van der Waals surface area (Å²) in [6, 6.07) is 14.1. The Kier molecular flexibility index (Phi) is 11.2. The van der Waals surface area contributed by atoms with Crippen molar-refractivity contribution in [1.82, 2.24) is 26.2 Å². The summed E-state index contributed by atoms with van der Waals surface area (Å²) in [6.07, 6.45) is 13.7. The molecule has 6 fully saturated rings. The molecule has 340 valence electrons. The number of carbonyl (C=O) groups is 6. The number of imide groups is 1. The van der Waals surface area contributed by atoms with Crippen molar-refractivity contribution < 1.29 is 33.2 Å². The van der Waals surface area contributed by atoms with Crippen LogP contribution in [0.2, 0.25) is 10.0 Å². The number of amides is 6. The summed E-state index contributed by atoms with van der Waals surface area (Å²) in [5.41, 5.74) is 0.617. The highest BCUT2D eigenvalue weighted by Gasteiger charge is 2.72. The summed E-state index contributed by atoms with van der Waals surface area (Å²) in [7, 11) is 0. The number of allylic oxidation sites excluding steroid dienone is 1. The maximum Gasteiger partial charge on any atom is 0.255 e. The first-order valence-electron chi connectivity index (χ1n) is 23.2. The molecule has 8 aliphatic rings. The number of hydrogen-bond acceptors (Lipinski definition) is 7. The van der Waals surface area contributed by atoms with Gasteiger partial charge in [0.25, 0.3) is 5.91 Å². The molecule has 3 aromatic rings. The van der Waals surface area contributed by atoms with Crippen molar-refractivity contribution in [2.24, 2.45) is 5.41 Å². The quantitative estimate of drug-likeness (QED) is 0.105. The average Bonchev–Trinajstić information content (AvgIpc) is 3.90. The zero-order valence-electron chi connectivity index (χ0n) is 36.1. The molecule has 1 unspecified atom stereocenters. The Morgan fingerprint density at radius 1 is 0.892 bits per heavy atom. The molecule has 15 heteroatoms. The molecule has 0 aromatic heterocycles. The number of carbonyl (C=O) groups excluding carboxylic acids is 6. The molecule has 0 radical (unpaired) electrons. The molecule has 3 aromatic carbocycles. The van der Waals surface area contributed by atoms with Crippen molar-refractivity contribution in [1.29, 1.82) is 0 Å². The van der Waals surface area contributed by atoms with E-state index in [0.29, 0.717) is 99.1 Å². The third-order valence-electron chi connectivity index (χ3n) is 16.2. The van der Waals surface area contributed by atoms with Crippen LogP contribution < -0.4 is 26.6 Å². The first kappa shape index (κ1) is 43.8. The lowest BCUT2D eigenvalue weighted by atomic mass is 9.55. The second-order valence-corrected chi connectivity index (χ2v) is 20.3. The number of hydrogen-bond donors (Lipinski definition) is 5. The highest BCUT2D eigenvalue weighted by atomic mass is 35.5. The van der Waals surface area contributed by atoms with E-state index >= 15 is 9.18 Å². The van der Waals surface area contributed by atoms with Crippen molar-refractivity contribution in [3.63, 3.8) is 0 Å². The van der Waals surface area contributed by atoms with Gasteiger partial charge in [0.2, 0.25) is 29.5 Å². The van der Waals surface area contributed by atoms with Crippen LogP contribution in [0.5, 0.6) is 0 Å². The minimum atomic E-state index is -1.32. The lowest BCUT2D eigenvalue weighted by molar-refractivity contribution is -0.140. The zero-order valence-corrected chi connectivity index (χ0v) is 37.6. The molecule has 6 amide bonds. The molecule has 4 aliphatic carbocycles. The molecular weight excluding hydrogens is 870 g/mol. The van der Waals surface area contributed by atoms with Gasteiger partial charge >= 0.3 is 0 Å². The Bertz CT molecular complexity index is 2530. The number of benzene rings is 3. The van der Waals surface area contributed by atoms with Gasteiger partial charge in [-0.1, -0.05) is 84.9 Å². The maximum atomic E-state index is 16.4. The second-order valence-electron chi connectivity index (χ2n) is 19.5. The van der Waals surface area contributed by atoms with Crippen LogP contribution in [0, 0.1) is 11.2 Å². The monoisotopic (exact) mass is 922 g/mol. The van der Waals surface area contributed by atoms with Gasteiger partial charge in [0.1, 0.15) is 17.3 Å². The summed E-state index contributed by atoms with van der Waals surface area (Å²) in [4.78, 5) is 82.6. The molecule has 2 spiro atoms. The molecule has 4 atom stereocenters. The summed E-state index contributed by atoms with van der Waals surface area (Å²) in [6.45, 7) is 0.805. The first-order chi connectivity index (χ1) is 31.3. The Morgan fingerprint density at radius 2 is 1.65 bits per heavy atom. The van der Waals surface area contributed by atoms with Crippen LogP contribution in [0.1, 0.15) is 135 Å². The van der Waals surface area contributed by atoms with Gasteiger partial charge in [-0.05, 0) is 117 Å². The van der Waals surface area contributed by atoms with Crippen molar-refractivity contribution >= 4 is 70.4 Å². The second kappa shape index (κ2) is 16.6. The van der Waals surface area contributed by atoms with E-state index in [-0.39, 0.29) is 46.5 Å². The summed E-state index contributed by atoms with van der Waals surface area (Å²) < 4.78 is 16.4. The standard InChI is InChI=1S/C50H53Cl2FN6O6/c51-30-14-15-34-36(27-30)55-46(65)50(34)39(32-12-8-13-35(52)40(32)53)41(57-49(50)18-4-2-5-19-49)43(62)58-48-23-20-47(21-24-48,22-25-48)45(64)54-26-6-1-3-9-29-10-7-11-31-33(29)28-59(44(31)63)37-16-17-38(60)56-42(37)61/h3,7-15,27,37,39,41,57H,1-2,4-6,16-26,28H2,(H,54,64)(H,55,65)(H,58,62)(H,56,60,61)/b9-3+/t37?,39-,41+,47?,48?,50+/m0/s1. The van der Waals surface area contributed by atoms with E-state index in [0.717, 1.165) is 36.8 Å². The third kappa shape index (κ3) is 7.10. The summed E-state index contributed by atoms with van der Waals surface area (Å²) >= 11 is 12.9. The molecule has 11 rings (SSSR count). The van der Waals surface area contributed by atoms with Gasteiger partial charge in [0.15, 0.2) is 0 Å². The Labute approximate surface area is 387 Å². The van der Waals surface area contributed by atoms with Crippen LogP contribution >= 0.6 is 23.2 Å². The van der Waals surface area contributed by atoms with Crippen LogP contribution in [-0.2, 0) is 35.9 Å². The minimum absolute atomic E-state index is 0.0372. The molecule has 5 N–H and O–H groups in total. The maximum absolute atomic E-state index is 16.4. The van der Waals surface area contributed by atoms with Gasteiger partial charge < -0.3 is 20.9 Å². The molecule has 2 saturated heterocycles. The predicted octanol–water partition coefficient (Wildman–Crippen LogP) is 7.36. The average molecular weight is 924 g/mol. The van der Waals surface area contributed by atoms with Gasteiger partial charge in [0, 0.05) is 58.2 Å². The highest BCUT2D eigenvalue weighted by Crippen LogP contribution is 2.63. The molecular formula is C50H53Cl2FN6O6. The molecule has 4 saturated carbocycles. The Hall–Kier alpha value is -5.11. The molecule has 12 nitrogen and oxygen atoms in total. The number of nitrogens with one attached hydrogen (secondary N) is 5. The summed E-state index contributed by atoms with van der Waals surface area (Å²) in [5, 5.41) is 16.2. The first-order valence-corrected chi connectivity index (χ1v) is 23.9. The van der Waals surface area contributed by atoms with Crippen molar-refractivity contribution in [3.05, 3.63) is 104 Å². The fourth-order valence-electron chi connectivity index (χ4n) is 12.9. The smallest absolute Gasteiger partial charge is 0.255 e. The van der Waals surface area contributed by atoms with Crippen LogP contribution in [-0.4, -0.2) is 70.0 Å². The third-order valence-corrected chi connectivity index (χ3v) is 16.7. The van der Waals surface area contributed by atoms with Gasteiger partial charge in [-0.3, -0.25) is 39.4 Å². The molecule has 65 heavy (non-hydrogen) atoms. The SMILES string of the molecule is O=C1CCC(N2Cc3c(/C=C/CCCNC(=O)C45CCC(NC(=O)[C@@H]6NC7(CCCCC7)[C@@]7(C(=O)Nc8cc(Cl)ccc87)[C@H]6c6cccc(Cl)c6F)(CC4)CC5)cccc3C2=O)C(=O)N1. The summed E-state index contributed by atoms with van der Waals surface area (Å²) in [5.74, 6) is -3.04. The molecule has 2 bridgehead atoms. The van der Waals surface area contributed by atoms with E-state index in [9.17, 15) is 24.0 Å². The van der Waals surface area contributed by atoms with Crippen molar-refractivity contribution in [2.45, 2.75) is 137 Å². The number of fused-ring (bicyclic) bond motifs is 7. The van der Waals surface area contributed by atoms with E-state index in [1.54, 1.807) is 35.2 Å². The minimum Gasteiger partial charge on any atom is -0.356 e. The topological polar surface area (TPSA) is 166 Å². The lowest BCUT2D eigenvalue weighted by Crippen LogP contribution is -2.62. The van der Waals surface area contributed by atoms with Crippen LogP contribution in [0.25, 0.3) is 6.08 Å². The van der Waals surface area contributed by atoms with Crippen LogP contribution in [0.3, 0.4) is 0 Å². The van der Waals surface area contributed by atoms with E-state index in [1.165, 1.54) is 6.07 Å². The van der Waals surface area contributed by atoms with Crippen LogP contribution in [0.15, 0.2) is 60.7 Å². The highest BCUT2D eigenvalue weighted by molar-refractivity contribution is 6.31. The van der Waals surface area contributed by atoms with E-state index in [4.69, 9.17) is 23.2 Å². The number of unbranched alkanes of at least 4 members (excludes halogenated alkanes) is 1. The van der Waals surface area contributed by atoms with E-state index < -0.39 is 51.6 Å². The molecule has 4 heterocycles. The van der Waals surface area contributed by atoms with Gasteiger partial charge in [-0.2, -0.15) is 0 Å². The number of nitrogens with zero attached hydrogens (tertiary/aromatic N) is 1. The van der Waals surface area contributed by atoms with Crippen LogP contribution in [0.4, 0.5) is 10.1 Å². The van der Waals surface area contributed by atoms with E-state index in [1.807, 2.05) is 30.4 Å². The predicted molar refractivity (Wildman–Crippen MR) is 243 cm³/mol. The number of anilines is 1.